The Bertz CT molecular complexity index is 383. The van der Waals surface area contributed by atoms with E-state index in [0.29, 0.717) is 17.5 Å². The highest BCUT2D eigenvalue weighted by Gasteiger charge is 2.24. The molecule has 3 N–H and O–H groups in total. The molecule has 1 aromatic rings. The van der Waals surface area contributed by atoms with Crippen molar-refractivity contribution in [3.05, 3.63) is 5.82 Å². The Balaban J connectivity index is 2.61. The van der Waals surface area contributed by atoms with E-state index in [1.807, 2.05) is 0 Å². The largest absolute Gasteiger partial charge is 0.330 e. The third-order valence-corrected chi connectivity index (χ3v) is 2.99. The van der Waals surface area contributed by atoms with Gasteiger partial charge in [-0.15, -0.1) is 0 Å². The van der Waals surface area contributed by atoms with E-state index < -0.39 is 0 Å². The van der Waals surface area contributed by atoms with Crippen LogP contribution in [0.5, 0.6) is 0 Å². The van der Waals surface area contributed by atoms with Crippen molar-refractivity contribution in [2.75, 3.05) is 11.9 Å². The molecule has 0 aliphatic carbocycles. The second-order valence-electron chi connectivity index (χ2n) is 5.33. The molecule has 1 heterocycles. The maximum absolute atomic E-state index is 12.0. The average Bonchev–Trinajstić information content (AvgIpc) is 2.59. The van der Waals surface area contributed by atoms with Crippen molar-refractivity contribution in [3.8, 4) is 0 Å². The van der Waals surface area contributed by atoms with E-state index in [9.17, 15) is 4.79 Å². The first kappa shape index (κ1) is 14.1. The lowest BCUT2D eigenvalue weighted by molar-refractivity contribution is -0.120. The van der Waals surface area contributed by atoms with Gasteiger partial charge in [-0.2, -0.15) is 4.37 Å². The monoisotopic (exact) mass is 256 g/mol. The summed E-state index contributed by atoms with van der Waals surface area (Å²) in [7, 11) is 0. The fourth-order valence-corrected chi connectivity index (χ4v) is 2.16. The van der Waals surface area contributed by atoms with E-state index in [1.54, 1.807) is 6.92 Å². The summed E-state index contributed by atoms with van der Waals surface area (Å²) in [6.07, 6.45) is 0.757. The van der Waals surface area contributed by atoms with Crippen LogP contribution in [0.3, 0.4) is 0 Å². The molecular weight excluding hydrogens is 236 g/mol. The van der Waals surface area contributed by atoms with Gasteiger partial charge in [-0.05, 0) is 18.8 Å². The van der Waals surface area contributed by atoms with Crippen molar-refractivity contribution in [1.82, 2.24) is 9.36 Å². The van der Waals surface area contributed by atoms with E-state index in [1.165, 1.54) is 11.5 Å². The van der Waals surface area contributed by atoms with Crippen molar-refractivity contribution >= 4 is 22.6 Å². The zero-order chi connectivity index (χ0) is 13.1. The molecule has 17 heavy (non-hydrogen) atoms. The van der Waals surface area contributed by atoms with Crippen LogP contribution in [0.25, 0.3) is 0 Å². The average molecular weight is 256 g/mol. The molecule has 0 fully saturated rings. The van der Waals surface area contributed by atoms with Gasteiger partial charge in [-0.1, -0.05) is 20.8 Å². The molecule has 5 nitrogen and oxygen atoms in total. The van der Waals surface area contributed by atoms with Crippen molar-refractivity contribution in [2.24, 2.45) is 17.1 Å². The number of nitrogens with one attached hydrogen (secondary N) is 1. The van der Waals surface area contributed by atoms with Crippen LogP contribution in [0.4, 0.5) is 5.13 Å². The summed E-state index contributed by atoms with van der Waals surface area (Å²) in [5.74, 6) is 0.420. The molecule has 0 radical (unpaired) electrons. The summed E-state index contributed by atoms with van der Waals surface area (Å²) in [6.45, 7) is 8.43. The van der Waals surface area contributed by atoms with Crippen LogP contribution in [0.1, 0.15) is 33.0 Å². The molecule has 0 saturated carbocycles. The fraction of sp³-hybridized carbons (Fsp3) is 0.727. The van der Waals surface area contributed by atoms with Crippen LogP contribution in [0, 0.1) is 18.3 Å². The predicted octanol–water partition coefficient (Wildman–Crippen LogP) is 1.80. The van der Waals surface area contributed by atoms with Gasteiger partial charge in [0.15, 0.2) is 0 Å². The highest BCUT2D eigenvalue weighted by molar-refractivity contribution is 7.09. The van der Waals surface area contributed by atoms with Gasteiger partial charge >= 0.3 is 0 Å². The van der Waals surface area contributed by atoms with Crippen molar-refractivity contribution < 1.29 is 4.79 Å². The zero-order valence-electron chi connectivity index (χ0n) is 10.8. The molecule has 1 aromatic heterocycles. The first-order chi connectivity index (χ1) is 7.81. The number of aryl methyl sites for hydroxylation is 1. The summed E-state index contributed by atoms with van der Waals surface area (Å²) in [4.78, 5) is 16.1. The summed E-state index contributed by atoms with van der Waals surface area (Å²) in [6, 6.07) is 0. The minimum absolute atomic E-state index is 0.0708. The lowest BCUT2D eigenvalue weighted by Crippen LogP contribution is -2.32. The van der Waals surface area contributed by atoms with Crippen molar-refractivity contribution in [3.63, 3.8) is 0 Å². The third-order valence-electron chi connectivity index (χ3n) is 2.27. The normalized spacial score (nSPS) is 13.5. The molecule has 96 valence electrons. The highest BCUT2D eigenvalue weighted by atomic mass is 32.1. The molecule has 1 atom stereocenters. The summed E-state index contributed by atoms with van der Waals surface area (Å²) in [5, 5.41) is 3.30. The Morgan fingerprint density at radius 1 is 1.53 bits per heavy atom. The Hall–Kier alpha value is -1.01. The van der Waals surface area contributed by atoms with Gasteiger partial charge < -0.3 is 11.1 Å². The topological polar surface area (TPSA) is 80.9 Å². The summed E-state index contributed by atoms with van der Waals surface area (Å²) < 4.78 is 4.01. The second kappa shape index (κ2) is 5.55. The highest BCUT2D eigenvalue weighted by Crippen LogP contribution is 2.25. The molecule has 1 rings (SSSR count). The number of aromatic nitrogens is 2. The van der Waals surface area contributed by atoms with E-state index in [2.05, 4.69) is 35.4 Å². The Kier molecular flexibility index (Phi) is 4.59. The molecule has 1 amide bonds. The second-order valence-corrected chi connectivity index (χ2v) is 6.09. The molecule has 0 bridgehead atoms. The molecule has 0 saturated heterocycles. The van der Waals surface area contributed by atoms with Crippen molar-refractivity contribution in [1.29, 1.82) is 0 Å². The number of nitrogens with two attached hydrogens (primary N) is 1. The standard InChI is InChI=1S/C11H20N4OS/c1-7-13-10(17-15-7)14-9(16)8(6-12)5-11(2,3)4/h8H,5-6,12H2,1-4H3,(H,13,14,15,16). The maximum atomic E-state index is 12.0. The predicted molar refractivity (Wildman–Crippen MR) is 69.9 cm³/mol. The Morgan fingerprint density at radius 2 is 2.18 bits per heavy atom. The van der Waals surface area contributed by atoms with E-state index in [-0.39, 0.29) is 17.2 Å². The minimum atomic E-state index is -0.181. The number of carbonyl (C=O) groups is 1. The lowest BCUT2D eigenvalue weighted by atomic mass is 9.84. The van der Waals surface area contributed by atoms with Gasteiger partial charge in [-0.3, -0.25) is 4.79 Å². The van der Waals surface area contributed by atoms with Gasteiger partial charge in [0.2, 0.25) is 11.0 Å². The van der Waals surface area contributed by atoms with Crippen LogP contribution in [-0.4, -0.2) is 21.8 Å². The van der Waals surface area contributed by atoms with Gasteiger partial charge in [-0.25, -0.2) is 4.98 Å². The number of nitrogens with zero attached hydrogens (tertiary/aromatic N) is 2. The van der Waals surface area contributed by atoms with Gasteiger partial charge in [0.25, 0.3) is 0 Å². The molecule has 0 spiro atoms. The smallest absolute Gasteiger partial charge is 0.230 e. The molecule has 6 heteroatoms. The molecule has 0 aromatic carbocycles. The number of hydrogen-bond acceptors (Lipinski definition) is 5. The molecule has 1 unspecified atom stereocenters. The first-order valence-electron chi connectivity index (χ1n) is 5.63. The summed E-state index contributed by atoms with van der Waals surface area (Å²) >= 11 is 1.19. The Morgan fingerprint density at radius 3 is 2.59 bits per heavy atom. The number of hydrogen-bond donors (Lipinski definition) is 2. The number of carbonyl (C=O) groups excluding carboxylic acids is 1. The number of anilines is 1. The van der Waals surface area contributed by atoms with Gasteiger partial charge in [0.1, 0.15) is 5.82 Å². The van der Waals surface area contributed by atoms with E-state index in [4.69, 9.17) is 5.73 Å². The van der Waals surface area contributed by atoms with Crippen LogP contribution < -0.4 is 11.1 Å². The van der Waals surface area contributed by atoms with Crippen LogP contribution in [0.15, 0.2) is 0 Å². The lowest BCUT2D eigenvalue weighted by Gasteiger charge is -2.23. The van der Waals surface area contributed by atoms with E-state index in [0.717, 1.165) is 6.42 Å². The Labute approximate surface area is 106 Å². The van der Waals surface area contributed by atoms with Gasteiger partial charge in [0.05, 0.1) is 5.92 Å². The van der Waals surface area contributed by atoms with Crippen LogP contribution in [-0.2, 0) is 4.79 Å². The minimum Gasteiger partial charge on any atom is -0.330 e. The fourth-order valence-electron chi connectivity index (χ4n) is 1.58. The zero-order valence-corrected chi connectivity index (χ0v) is 11.6. The third kappa shape index (κ3) is 4.79. The number of amides is 1. The van der Waals surface area contributed by atoms with Crippen LogP contribution in [0.2, 0.25) is 0 Å². The summed E-state index contributed by atoms with van der Waals surface area (Å²) in [5.41, 5.74) is 5.73. The van der Waals surface area contributed by atoms with Gasteiger partial charge in [0, 0.05) is 18.1 Å². The number of rotatable bonds is 4. The van der Waals surface area contributed by atoms with E-state index >= 15 is 0 Å². The molecular formula is C11H20N4OS. The van der Waals surface area contributed by atoms with Crippen LogP contribution >= 0.6 is 11.5 Å². The van der Waals surface area contributed by atoms with Crippen molar-refractivity contribution in [2.45, 2.75) is 34.1 Å². The molecule has 0 aliphatic heterocycles. The SMILES string of the molecule is Cc1nsc(NC(=O)C(CN)CC(C)(C)C)n1. The first-order valence-corrected chi connectivity index (χ1v) is 6.40. The molecule has 0 aliphatic rings. The maximum Gasteiger partial charge on any atom is 0.230 e. The quantitative estimate of drug-likeness (QED) is 0.860.